The maximum absolute atomic E-state index is 11.9. The fraction of sp³-hybridized carbons (Fsp3) is 0.400. The Balaban J connectivity index is 2.51. The predicted molar refractivity (Wildman–Crippen MR) is 75.6 cm³/mol. The van der Waals surface area contributed by atoms with Crippen LogP contribution in [0.25, 0.3) is 0 Å². The molecule has 1 fully saturated rings. The maximum atomic E-state index is 11.9. The summed E-state index contributed by atoms with van der Waals surface area (Å²) < 4.78 is 0. The highest BCUT2D eigenvalue weighted by Crippen LogP contribution is 2.26. The summed E-state index contributed by atoms with van der Waals surface area (Å²) in [6.07, 6.45) is 0.653. The number of amides is 1. The number of ketones is 1. The Bertz CT molecular complexity index is 589. The lowest BCUT2D eigenvalue weighted by atomic mass is 10.0. The standard InChI is InChI=1S/C15H17N3O2/c1-3-13-15(20)17-6-7-18(13)14-8-11(9-16)4-5-12(14)10(2)19/h4-5,8,13H,3,6-7H2,1-2H3,(H,17,20). The van der Waals surface area contributed by atoms with E-state index < -0.39 is 0 Å². The van der Waals surface area contributed by atoms with Gasteiger partial charge >= 0.3 is 0 Å². The number of Topliss-reactive ketones (excluding diaryl/α,β-unsaturated/α-hetero) is 1. The Morgan fingerprint density at radius 3 is 2.90 bits per heavy atom. The van der Waals surface area contributed by atoms with Crippen molar-refractivity contribution in [2.75, 3.05) is 18.0 Å². The summed E-state index contributed by atoms with van der Waals surface area (Å²) in [5, 5.41) is 11.9. The second kappa shape index (κ2) is 5.74. The van der Waals surface area contributed by atoms with Crippen LogP contribution in [-0.2, 0) is 4.79 Å². The Labute approximate surface area is 118 Å². The van der Waals surface area contributed by atoms with Gasteiger partial charge in [-0.2, -0.15) is 5.26 Å². The van der Waals surface area contributed by atoms with Crippen LogP contribution in [0.4, 0.5) is 5.69 Å². The Morgan fingerprint density at radius 1 is 1.55 bits per heavy atom. The van der Waals surface area contributed by atoms with Crippen molar-refractivity contribution in [1.82, 2.24) is 5.32 Å². The number of anilines is 1. The van der Waals surface area contributed by atoms with Gasteiger partial charge in [-0.05, 0) is 31.5 Å². The van der Waals surface area contributed by atoms with E-state index in [9.17, 15) is 9.59 Å². The lowest BCUT2D eigenvalue weighted by Gasteiger charge is -2.37. The number of carbonyl (C=O) groups excluding carboxylic acids is 2. The van der Waals surface area contributed by atoms with Crippen LogP contribution in [0, 0.1) is 11.3 Å². The van der Waals surface area contributed by atoms with E-state index >= 15 is 0 Å². The number of benzene rings is 1. The molecule has 0 bridgehead atoms. The monoisotopic (exact) mass is 271 g/mol. The quantitative estimate of drug-likeness (QED) is 0.845. The van der Waals surface area contributed by atoms with Crippen LogP contribution in [-0.4, -0.2) is 30.8 Å². The van der Waals surface area contributed by atoms with E-state index in [-0.39, 0.29) is 17.7 Å². The van der Waals surface area contributed by atoms with E-state index in [0.717, 1.165) is 0 Å². The average molecular weight is 271 g/mol. The molecule has 104 valence electrons. The molecule has 1 N–H and O–H groups in total. The van der Waals surface area contributed by atoms with E-state index in [1.165, 1.54) is 6.92 Å². The van der Waals surface area contributed by atoms with Gasteiger partial charge in [0.25, 0.3) is 0 Å². The van der Waals surface area contributed by atoms with E-state index in [0.29, 0.717) is 36.3 Å². The maximum Gasteiger partial charge on any atom is 0.242 e. The molecular weight excluding hydrogens is 254 g/mol. The topological polar surface area (TPSA) is 73.2 Å². The summed E-state index contributed by atoms with van der Waals surface area (Å²) >= 11 is 0. The van der Waals surface area contributed by atoms with E-state index in [1.54, 1.807) is 18.2 Å². The highest BCUT2D eigenvalue weighted by atomic mass is 16.2. The third kappa shape index (κ3) is 2.50. The molecular formula is C15H17N3O2. The molecule has 1 amide bonds. The van der Waals surface area contributed by atoms with Gasteiger partial charge in [-0.15, -0.1) is 0 Å². The molecule has 1 aliphatic rings. The molecule has 0 aliphatic carbocycles. The average Bonchev–Trinajstić information content (AvgIpc) is 2.46. The van der Waals surface area contributed by atoms with Gasteiger partial charge in [-0.3, -0.25) is 9.59 Å². The summed E-state index contributed by atoms with van der Waals surface area (Å²) in [6.45, 7) is 4.61. The zero-order chi connectivity index (χ0) is 14.7. The third-order valence-electron chi connectivity index (χ3n) is 3.53. The van der Waals surface area contributed by atoms with Crippen molar-refractivity contribution in [3.8, 4) is 6.07 Å². The van der Waals surface area contributed by atoms with Crippen LogP contribution >= 0.6 is 0 Å². The molecule has 1 saturated heterocycles. The first kappa shape index (κ1) is 14.1. The minimum Gasteiger partial charge on any atom is -0.357 e. The number of hydrogen-bond acceptors (Lipinski definition) is 4. The molecule has 5 heteroatoms. The van der Waals surface area contributed by atoms with Gasteiger partial charge in [0.15, 0.2) is 5.78 Å². The number of carbonyl (C=O) groups is 2. The highest BCUT2D eigenvalue weighted by molar-refractivity contribution is 6.01. The van der Waals surface area contributed by atoms with E-state index in [1.807, 2.05) is 11.8 Å². The molecule has 1 unspecified atom stereocenters. The smallest absolute Gasteiger partial charge is 0.242 e. The van der Waals surface area contributed by atoms with Crippen LogP contribution in [0.5, 0.6) is 0 Å². The van der Waals surface area contributed by atoms with Crippen molar-refractivity contribution in [1.29, 1.82) is 5.26 Å². The number of rotatable bonds is 3. The van der Waals surface area contributed by atoms with Crippen molar-refractivity contribution < 1.29 is 9.59 Å². The first-order chi connectivity index (χ1) is 9.58. The van der Waals surface area contributed by atoms with Gasteiger partial charge in [0.1, 0.15) is 6.04 Å². The minimum atomic E-state index is -0.296. The number of hydrogen-bond donors (Lipinski definition) is 1. The van der Waals surface area contributed by atoms with Gasteiger partial charge in [-0.25, -0.2) is 0 Å². The molecule has 1 aromatic carbocycles. The molecule has 20 heavy (non-hydrogen) atoms. The second-order valence-corrected chi connectivity index (χ2v) is 4.81. The molecule has 0 aromatic heterocycles. The van der Waals surface area contributed by atoms with Crippen LogP contribution in [0.3, 0.4) is 0 Å². The first-order valence-electron chi connectivity index (χ1n) is 6.68. The van der Waals surface area contributed by atoms with Crippen LogP contribution in [0.15, 0.2) is 18.2 Å². The van der Waals surface area contributed by atoms with Crippen LogP contribution < -0.4 is 10.2 Å². The number of nitrogens with one attached hydrogen (secondary N) is 1. The van der Waals surface area contributed by atoms with E-state index in [4.69, 9.17) is 5.26 Å². The fourth-order valence-electron chi connectivity index (χ4n) is 2.55. The summed E-state index contributed by atoms with van der Waals surface area (Å²) in [6, 6.07) is 6.77. The zero-order valence-electron chi connectivity index (χ0n) is 11.6. The molecule has 0 saturated carbocycles. The van der Waals surface area contributed by atoms with Crippen molar-refractivity contribution in [3.05, 3.63) is 29.3 Å². The summed E-state index contributed by atoms with van der Waals surface area (Å²) in [7, 11) is 0. The molecule has 5 nitrogen and oxygen atoms in total. The van der Waals surface area contributed by atoms with Gasteiger partial charge in [-0.1, -0.05) is 6.92 Å². The largest absolute Gasteiger partial charge is 0.357 e. The molecule has 1 heterocycles. The molecule has 0 spiro atoms. The zero-order valence-corrected chi connectivity index (χ0v) is 11.6. The Morgan fingerprint density at radius 2 is 2.30 bits per heavy atom. The number of nitriles is 1. The Hall–Kier alpha value is -2.35. The number of piperazine rings is 1. The number of nitrogens with zero attached hydrogens (tertiary/aromatic N) is 2. The molecule has 1 atom stereocenters. The second-order valence-electron chi connectivity index (χ2n) is 4.81. The molecule has 2 rings (SSSR count). The lowest BCUT2D eigenvalue weighted by molar-refractivity contribution is -0.123. The molecule has 1 aliphatic heterocycles. The Kier molecular flexibility index (Phi) is 4.04. The summed E-state index contributed by atoms with van der Waals surface area (Å²) in [5.74, 6) is -0.0964. The minimum absolute atomic E-state index is 0.0318. The highest BCUT2D eigenvalue weighted by Gasteiger charge is 2.30. The van der Waals surface area contributed by atoms with Crippen LogP contribution in [0.2, 0.25) is 0 Å². The van der Waals surface area contributed by atoms with Gasteiger partial charge in [0.05, 0.1) is 11.6 Å². The van der Waals surface area contributed by atoms with E-state index in [2.05, 4.69) is 11.4 Å². The third-order valence-corrected chi connectivity index (χ3v) is 3.53. The van der Waals surface area contributed by atoms with Crippen molar-refractivity contribution in [2.24, 2.45) is 0 Å². The first-order valence-corrected chi connectivity index (χ1v) is 6.68. The normalized spacial score (nSPS) is 18.4. The predicted octanol–water partition coefficient (Wildman–Crippen LogP) is 1.48. The molecule has 0 radical (unpaired) electrons. The van der Waals surface area contributed by atoms with Gasteiger partial charge in [0.2, 0.25) is 5.91 Å². The summed E-state index contributed by atoms with van der Waals surface area (Å²) in [4.78, 5) is 25.6. The van der Waals surface area contributed by atoms with Crippen molar-refractivity contribution in [2.45, 2.75) is 26.3 Å². The SMILES string of the molecule is CCC1C(=O)NCCN1c1cc(C#N)ccc1C(C)=O. The van der Waals surface area contributed by atoms with Gasteiger partial charge in [0, 0.05) is 24.3 Å². The molecule has 1 aromatic rings. The summed E-state index contributed by atoms with van der Waals surface area (Å²) in [5.41, 5.74) is 1.72. The van der Waals surface area contributed by atoms with Crippen LogP contribution in [0.1, 0.15) is 36.2 Å². The lowest BCUT2D eigenvalue weighted by Crippen LogP contribution is -2.55. The fourth-order valence-corrected chi connectivity index (χ4v) is 2.55. The van der Waals surface area contributed by atoms with Gasteiger partial charge < -0.3 is 10.2 Å². The van der Waals surface area contributed by atoms with Crippen molar-refractivity contribution in [3.63, 3.8) is 0 Å². The van der Waals surface area contributed by atoms with Crippen molar-refractivity contribution >= 4 is 17.4 Å².